The van der Waals surface area contributed by atoms with Crippen molar-refractivity contribution in [1.82, 2.24) is 4.90 Å². The van der Waals surface area contributed by atoms with Gasteiger partial charge in [0.1, 0.15) is 0 Å². The largest absolute Gasteiger partial charge is 0.481 e. The smallest absolute Gasteiger partial charge is 0.306 e. The lowest BCUT2D eigenvalue weighted by atomic mass is 9.92. The molecule has 2 aliphatic heterocycles. The molecule has 1 atom stereocenters. The molecular weight excluding hydrogens is 294 g/mol. The Morgan fingerprint density at radius 1 is 1.30 bits per heavy atom. The molecule has 23 heavy (non-hydrogen) atoms. The summed E-state index contributed by atoms with van der Waals surface area (Å²) < 4.78 is 10.9. The number of benzene rings is 1. The summed E-state index contributed by atoms with van der Waals surface area (Å²) >= 11 is 0. The van der Waals surface area contributed by atoms with Crippen molar-refractivity contribution in [2.75, 3.05) is 19.9 Å². The summed E-state index contributed by atoms with van der Waals surface area (Å²) in [5, 5.41) is 9.18. The number of rotatable bonds is 6. The van der Waals surface area contributed by atoms with Crippen LogP contribution in [0, 0.1) is 5.92 Å². The van der Waals surface area contributed by atoms with Crippen molar-refractivity contribution in [3.63, 3.8) is 0 Å². The van der Waals surface area contributed by atoms with E-state index in [1.54, 1.807) is 0 Å². The molecule has 0 aromatic heterocycles. The molecule has 0 amide bonds. The van der Waals surface area contributed by atoms with Gasteiger partial charge in [-0.25, -0.2) is 0 Å². The van der Waals surface area contributed by atoms with Gasteiger partial charge in [0.2, 0.25) is 6.79 Å². The zero-order chi connectivity index (χ0) is 16.2. The first-order valence-electron chi connectivity index (χ1n) is 8.55. The van der Waals surface area contributed by atoms with Gasteiger partial charge in [0.05, 0.1) is 5.92 Å². The molecule has 5 heteroatoms. The Hall–Kier alpha value is -1.75. The molecule has 3 rings (SSSR count). The maximum atomic E-state index is 11.2. The molecular formula is C18H25NO4. The second kappa shape index (κ2) is 7.21. The molecule has 0 aliphatic carbocycles. The summed E-state index contributed by atoms with van der Waals surface area (Å²) in [5.41, 5.74) is 1.25. The summed E-state index contributed by atoms with van der Waals surface area (Å²) in [6, 6.07) is 6.53. The standard InChI is InChI=1S/C18H25NO4/c1-2-3-4-15(19-9-7-13(8-10-19)18(20)21)14-5-6-16-17(11-14)23-12-22-16/h5-6,11,13,15H,2-4,7-10,12H2,1H3,(H,20,21). The van der Waals surface area contributed by atoms with E-state index in [0.29, 0.717) is 12.8 Å². The fourth-order valence-electron chi connectivity index (χ4n) is 3.54. The van der Waals surface area contributed by atoms with E-state index >= 15 is 0 Å². The molecule has 0 spiro atoms. The number of hydrogen-bond donors (Lipinski definition) is 1. The second-order valence-electron chi connectivity index (χ2n) is 6.42. The van der Waals surface area contributed by atoms with E-state index in [4.69, 9.17) is 9.47 Å². The molecule has 5 nitrogen and oxygen atoms in total. The van der Waals surface area contributed by atoms with E-state index in [2.05, 4.69) is 24.0 Å². The highest BCUT2D eigenvalue weighted by atomic mass is 16.7. The quantitative estimate of drug-likeness (QED) is 0.870. The third-order valence-corrected chi connectivity index (χ3v) is 4.93. The summed E-state index contributed by atoms with van der Waals surface area (Å²) in [5.74, 6) is 0.796. The normalized spacial score (nSPS) is 19.7. The van der Waals surface area contributed by atoms with Crippen molar-refractivity contribution in [1.29, 1.82) is 0 Å². The summed E-state index contributed by atoms with van der Waals surface area (Å²) in [7, 11) is 0. The van der Waals surface area contributed by atoms with Crippen molar-refractivity contribution in [3.05, 3.63) is 23.8 Å². The van der Waals surface area contributed by atoms with Gasteiger partial charge in [0.25, 0.3) is 0 Å². The Bertz CT molecular complexity index is 552. The van der Waals surface area contributed by atoms with Gasteiger partial charge in [-0.1, -0.05) is 25.8 Å². The van der Waals surface area contributed by atoms with Gasteiger partial charge in [-0.3, -0.25) is 9.69 Å². The fraction of sp³-hybridized carbons (Fsp3) is 0.611. The monoisotopic (exact) mass is 319 g/mol. The number of fused-ring (bicyclic) bond motifs is 1. The van der Waals surface area contributed by atoms with Crippen LogP contribution in [0.15, 0.2) is 18.2 Å². The number of ether oxygens (including phenoxy) is 2. The molecule has 0 saturated carbocycles. The van der Waals surface area contributed by atoms with Crippen LogP contribution < -0.4 is 9.47 Å². The summed E-state index contributed by atoms with van der Waals surface area (Å²) in [6.45, 7) is 4.19. The molecule has 2 heterocycles. The number of hydrogen-bond acceptors (Lipinski definition) is 4. The topological polar surface area (TPSA) is 59.0 Å². The van der Waals surface area contributed by atoms with Crippen molar-refractivity contribution in [2.24, 2.45) is 5.92 Å². The van der Waals surface area contributed by atoms with Crippen LogP contribution in [0.5, 0.6) is 11.5 Å². The lowest BCUT2D eigenvalue weighted by Crippen LogP contribution is -2.38. The molecule has 2 aliphatic rings. The minimum absolute atomic E-state index is 0.185. The number of unbranched alkanes of at least 4 members (excludes halogenated alkanes) is 1. The van der Waals surface area contributed by atoms with Crippen LogP contribution in [0.1, 0.15) is 50.6 Å². The van der Waals surface area contributed by atoms with Gasteiger partial charge in [0.15, 0.2) is 11.5 Å². The van der Waals surface area contributed by atoms with Crippen molar-refractivity contribution in [2.45, 2.75) is 45.1 Å². The number of nitrogens with zero attached hydrogens (tertiary/aromatic N) is 1. The lowest BCUT2D eigenvalue weighted by Gasteiger charge is -2.37. The fourth-order valence-corrected chi connectivity index (χ4v) is 3.54. The van der Waals surface area contributed by atoms with E-state index in [1.807, 2.05) is 6.07 Å². The average molecular weight is 319 g/mol. The Morgan fingerprint density at radius 2 is 2.04 bits per heavy atom. The second-order valence-corrected chi connectivity index (χ2v) is 6.42. The molecule has 1 aromatic carbocycles. The highest BCUT2D eigenvalue weighted by Gasteiger charge is 2.29. The maximum absolute atomic E-state index is 11.2. The molecule has 1 N–H and O–H groups in total. The third-order valence-electron chi connectivity index (χ3n) is 4.93. The van der Waals surface area contributed by atoms with Gasteiger partial charge in [0, 0.05) is 6.04 Å². The number of piperidine rings is 1. The van der Waals surface area contributed by atoms with E-state index < -0.39 is 5.97 Å². The Balaban J connectivity index is 1.74. The van der Waals surface area contributed by atoms with Crippen LogP contribution in [0.4, 0.5) is 0 Å². The first-order valence-corrected chi connectivity index (χ1v) is 8.55. The number of carboxylic acids is 1. The van der Waals surface area contributed by atoms with E-state index in [0.717, 1.165) is 56.7 Å². The van der Waals surface area contributed by atoms with E-state index in [1.165, 1.54) is 5.56 Å². The van der Waals surface area contributed by atoms with Crippen molar-refractivity contribution >= 4 is 5.97 Å². The first kappa shape index (κ1) is 16.1. The van der Waals surface area contributed by atoms with Gasteiger partial charge in [-0.15, -0.1) is 0 Å². The Labute approximate surface area is 137 Å². The Morgan fingerprint density at radius 3 is 2.74 bits per heavy atom. The van der Waals surface area contributed by atoms with Gasteiger partial charge in [-0.2, -0.15) is 0 Å². The zero-order valence-corrected chi connectivity index (χ0v) is 13.7. The molecule has 0 radical (unpaired) electrons. The van der Waals surface area contributed by atoms with Gasteiger partial charge >= 0.3 is 5.97 Å². The third kappa shape index (κ3) is 3.61. The van der Waals surface area contributed by atoms with Crippen LogP contribution in [-0.4, -0.2) is 35.9 Å². The average Bonchev–Trinajstić information content (AvgIpc) is 3.03. The molecule has 1 saturated heterocycles. The number of carboxylic acid groups (broad SMARTS) is 1. The highest BCUT2D eigenvalue weighted by molar-refractivity contribution is 5.70. The van der Waals surface area contributed by atoms with Crippen LogP contribution >= 0.6 is 0 Å². The maximum Gasteiger partial charge on any atom is 0.306 e. The minimum Gasteiger partial charge on any atom is -0.481 e. The summed E-state index contributed by atoms with van der Waals surface area (Å²) in [6.07, 6.45) is 4.89. The van der Waals surface area contributed by atoms with Crippen LogP contribution in [-0.2, 0) is 4.79 Å². The number of likely N-dealkylation sites (tertiary alicyclic amines) is 1. The zero-order valence-electron chi connectivity index (χ0n) is 13.7. The van der Waals surface area contributed by atoms with Gasteiger partial charge in [-0.05, 0) is 50.0 Å². The van der Waals surface area contributed by atoms with Crippen LogP contribution in [0.25, 0.3) is 0 Å². The van der Waals surface area contributed by atoms with Crippen LogP contribution in [0.2, 0.25) is 0 Å². The highest BCUT2D eigenvalue weighted by Crippen LogP contribution is 2.38. The molecule has 1 fully saturated rings. The predicted octanol–water partition coefficient (Wildman–Crippen LogP) is 3.44. The number of carbonyl (C=O) groups is 1. The summed E-state index contributed by atoms with van der Waals surface area (Å²) in [4.78, 5) is 13.6. The van der Waals surface area contributed by atoms with Crippen LogP contribution in [0.3, 0.4) is 0 Å². The van der Waals surface area contributed by atoms with Crippen molar-refractivity contribution < 1.29 is 19.4 Å². The molecule has 1 unspecified atom stereocenters. The molecule has 1 aromatic rings. The minimum atomic E-state index is -0.655. The SMILES string of the molecule is CCCCC(c1ccc2c(c1)OCO2)N1CCC(C(=O)O)CC1. The molecule has 0 bridgehead atoms. The number of aliphatic carboxylic acids is 1. The van der Waals surface area contributed by atoms with E-state index in [9.17, 15) is 9.90 Å². The Kier molecular flexibility index (Phi) is 5.06. The van der Waals surface area contributed by atoms with Crippen molar-refractivity contribution in [3.8, 4) is 11.5 Å². The predicted molar refractivity (Wildman–Crippen MR) is 86.8 cm³/mol. The van der Waals surface area contributed by atoms with Gasteiger partial charge < -0.3 is 14.6 Å². The van der Waals surface area contributed by atoms with E-state index in [-0.39, 0.29) is 5.92 Å². The lowest BCUT2D eigenvalue weighted by molar-refractivity contribution is -0.143. The first-order chi connectivity index (χ1) is 11.2. The molecule has 126 valence electrons.